The van der Waals surface area contributed by atoms with Crippen LogP contribution in [-0.4, -0.2) is 4.98 Å². The third kappa shape index (κ3) is 2.98. The molecular formula is C26H21N. The van der Waals surface area contributed by atoms with Crippen LogP contribution in [0.3, 0.4) is 0 Å². The first-order chi connectivity index (χ1) is 13.3. The molecule has 0 atom stereocenters. The van der Waals surface area contributed by atoms with Gasteiger partial charge >= 0.3 is 0 Å². The summed E-state index contributed by atoms with van der Waals surface area (Å²) in [7, 11) is 0. The number of pyridine rings is 1. The van der Waals surface area contributed by atoms with E-state index in [9.17, 15) is 0 Å². The average Bonchev–Trinajstić information content (AvgIpc) is 2.72. The molecule has 1 heteroatoms. The summed E-state index contributed by atoms with van der Waals surface area (Å²) in [6.07, 6.45) is 11.0. The molecule has 0 fully saturated rings. The van der Waals surface area contributed by atoms with E-state index in [2.05, 4.69) is 59.3 Å². The van der Waals surface area contributed by atoms with Gasteiger partial charge < -0.3 is 0 Å². The molecule has 2 aliphatic carbocycles. The van der Waals surface area contributed by atoms with Gasteiger partial charge in [-0.1, -0.05) is 42.2 Å². The van der Waals surface area contributed by atoms with Crippen molar-refractivity contribution in [3.63, 3.8) is 0 Å². The normalized spacial score (nSPS) is 13.8. The number of allylic oxidation sites excluding steroid dienone is 1. The van der Waals surface area contributed by atoms with Gasteiger partial charge in [-0.05, 0) is 90.3 Å². The maximum Gasteiger partial charge on any atom is 0.0432 e. The molecule has 0 radical (unpaired) electrons. The van der Waals surface area contributed by atoms with Crippen molar-refractivity contribution in [3.8, 4) is 23.0 Å². The number of nitrogens with zero attached hydrogens (tertiary/aromatic N) is 1. The lowest BCUT2D eigenvalue weighted by molar-refractivity contribution is 0.887. The average molecular weight is 347 g/mol. The fourth-order valence-electron chi connectivity index (χ4n) is 4.23. The topological polar surface area (TPSA) is 12.9 Å². The van der Waals surface area contributed by atoms with Crippen molar-refractivity contribution in [3.05, 3.63) is 93.8 Å². The molecule has 1 heterocycles. The predicted octanol–water partition coefficient (Wildman–Crippen LogP) is 5.51. The summed E-state index contributed by atoms with van der Waals surface area (Å²) in [5.41, 5.74) is 11.8. The van der Waals surface area contributed by atoms with Crippen LogP contribution in [-0.2, 0) is 19.3 Å². The second kappa shape index (κ2) is 6.56. The SMILES string of the molecule is Cc1ccc(C#Cc2ccc3c(c2)CCc2c-3ccc3c2CCC=C3)cn1. The smallest absolute Gasteiger partial charge is 0.0432 e. The first-order valence-corrected chi connectivity index (χ1v) is 9.67. The molecule has 0 spiro atoms. The monoisotopic (exact) mass is 347 g/mol. The molecule has 0 N–H and O–H groups in total. The van der Waals surface area contributed by atoms with Crippen molar-refractivity contribution in [1.82, 2.24) is 4.98 Å². The molecule has 2 aromatic carbocycles. The van der Waals surface area contributed by atoms with Crippen LogP contribution in [0.4, 0.5) is 0 Å². The van der Waals surface area contributed by atoms with E-state index in [4.69, 9.17) is 0 Å². The Morgan fingerprint density at radius 3 is 2.56 bits per heavy atom. The Balaban J connectivity index is 1.51. The second-order valence-corrected chi connectivity index (χ2v) is 7.41. The summed E-state index contributed by atoms with van der Waals surface area (Å²) in [6, 6.07) is 15.3. The molecule has 3 aromatic rings. The quantitative estimate of drug-likeness (QED) is 0.488. The molecule has 5 rings (SSSR count). The second-order valence-electron chi connectivity index (χ2n) is 7.41. The van der Waals surface area contributed by atoms with Gasteiger partial charge in [0.15, 0.2) is 0 Å². The number of benzene rings is 2. The van der Waals surface area contributed by atoms with Gasteiger partial charge in [0.1, 0.15) is 0 Å². The van der Waals surface area contributed by atoms with Gasteiger partial charge in [-0.15, -0.1) is 0 Å². The minimum Gasteiger partial charge on any atom is -0.260 e. The van der Waals surface area contributed by atoms with Crippen molar-refractivity contribution >= 4 is 6.08 Å². The highest BCUT2D eigenvalue weighted by atomic mass is 14.6. The summed E-state index contributed by atoms with van der Waals surface area (Å²) in [6.45, 7) is 1.99. The van der Waals surface area contributed by atoms with Crippen LogP contribution in [0.15, 0.2) is 54.7 Å². The Labute approximate surface area is 160 Å². The van der Waals surface area contributed by atoms with Gasteiger partial charge in [0.25, 0.3) is 0 Å². The minimum atomic E-state index is 0.961. The molecule has 0 unspecified atom stereocenters. The molecule has 0 amide bonds. The van der Waals surface area contributed by atoms with Crippen molar-refractivity contribution in [1.29, 1.82) is 0 Å². The van der Waals surface area contributed by atoms with Gasteiger partial charge in [0.2, 0.25) is 0 Å². The Morgan fingerprint density at radius 1 is 0.815 bits per heavy atom. The number of hydrogen-bond acceptors (Lipinski definition) is 1. The Morgan fingerprint density at radius 2 is 1.67 bits per heavy atom. The molecule has 27 heavy (non-hydrogen) atoms. The molecule has 0 saturated heterocycles. The number of aryl methyl sites for hydroxylation is 2. The number of rotatable bonds is 0. The molecule has 2 aliphatic rings. The lowest BCUT2D eigenvalue weighted by Gasteiger charge is -2.25. The summed E-state index contributed by atoms with van der Waals surface area (Å²) in [5, 5.41) is 0. The molecular weight excluding hydrogens is 326 g/mol. The zero-order valence-electron chi connectivity index (χ0n) is 15.5. The molecule has 0 bridgehead atoms. The van der Waals surface area contributed by atoms with E-state index in [1.807, 2.05) is 25.3 Å². The fraction of sp³-hybridized carbons (Fsp3) is 0.192. The molecule has 130 valence electrons. The Bertz CT molecular complexity index is 1120. The summed E-state index contributed by atoms with van der Waals surface area (Å²) < 4.78 is 0. The van der Waals surface area contributed by atoms with Gasteiger partial charge in [-0.2, -0.15) is 0 Å². The predicted molar refractivity (Wildman–Crippen MR) is 112 cm³/mol. The van der Waals surface area contributed by atoms with Crippen LogP contribution >= 0.6 is 0 Å². The van der Waals surface area contributed by atoms with Crippen LogP contribution in [0.5, 0.6) is 0 Å². The van der Waals surface area contributed by atoms with Crippen molar-refractivity contribution in [2.24, 2.45) is 0 Å². The lowest BCUT2D eigenvalue weighted by atomic mass is 9.79. The van der Waals surface area contributed by atoms with Gasteiger partial charge in [-0.25, -0.2) is 0 Å². The van der Waals surface area contributed by atoms with Crippen LogP contribution in [0, 0.1) is 18.8 Å². The highest BCUT2D eigenvalue weighted by Gasteiger charge is 2.21. The number of fused-ring (bicyclic) bond motifs is 5. The van der Waals surface area contributed by atoms with E-state index in [-0.39, 0.29) is 0 Å². The third-order valence-electron chi connectivity index (χ3n) is 5.63. The zero-order valence-corrected chi connectivity index (χ0v) is 15.5. The summed E-state index contributed by atoms with van der Waals surface area (Å²) >= 11 is 0. The van der Waals surface area contributed by atoms with Crippen molar-refractivity contribution in [2.75, 3.05) is 0 Å². The van der Waals surface area contributed by atoms with E-state index in [0.717, 1.165) is 29.7 Å². The van der Waals surface area contributed by atoms with Crippen LogP contribution in [0.1, 0.15) is 45.5 Å². The van der Waals surface area contributed by atoms with E-state index >= 15 is 0 Å². The van der Waals surface area contributed by atoms with Gasteiger partial charge in [-0.3, -0.25) is 4.98 Å². The van der Waals surface area contributed by atoms with E-state index in [1.165, 1.54) is 35.1 Å². The summed E-state index contributed by atoms with van der Waals surface area (Å²) in [4.78, 5) is 4.31. The molecule has 1 nitrogen and oxygen atoms in total. The van der Waals surface area contributed by atoms with E-state index in [0.29, 0.717) is 0 Å². The largest absolute Gasteiger partial charge is 0.260 e. The van der Waals surface area contributed by atoms with Crippen LogP contribution < -0.4 is 0 Å². The van der Waals surface area contributed by atoms with Crippen molar-refractivity contribution < 1.29 is 0 Å². The minimum absolute atomic E-state index is 0.961. The third-order valence-corrected chi connectivity index (χ3v) is 5.63. The Hall–Kier alpha value is -3.11. The van der Waals surface area contributed by atoms with Gasteiger partial charge in [0, 0.05) is 23.0 Å². The highest BCUT2D eigenvalue weighted by Crippen LogP contribution is 2.38. The van der Waals surface area contributed by atoms with E-state index in [1.54, 1.807) is 11.1 Å². The van der Waals surface area contributed by atoms with Gasteiger partial charge in [0.05, 0.1) is 0 Å². The molecule has 0 saturated carbocycles. The maximum atomic E-state index is 4.31. The number of aromatic nitrogens is 1. The van der Waals surface area contributed by atoms with Crippen LogP contribution in [0.25, 0.3) is 17.2 Å². The molecule has 1 aromatic heterocycles. The van der Waals surface area contributed by atoms with E-state index < -0.39 is 0 Å². The first kappa shape index (κ1) is 16.1. The van der Waals surface area contributed by atoms with Crippen LogP contribution in [0.2, 0.25) is 0 Å². The standard InChI is InChI=1S/C26H21N/c1-18-6-7-20(17-27-18)9-8-19-10-13-24-22(16-19)12-15-25-23-5-3-2-4-21(23)11-14-26(24)25/h2,4,6-7,10-11,13-14,16-17H,3,5,12,15H2,1H3. The fourth-order valence-corrected chi connectivity index (χ4v) is 4.23. The maximum absolute atomic E-state index is 4.31. The first-order valence-electron chi connectivity index (χ1n) is 9.67. The lowest BCUT2D eigenvalue weighted by Crippen LogP contribution is -2.10. The van der Waals surface area contributed by atoms with Crippen molar-refractivity contribution in [2.45, 2.75) is 32.6 Å². The Kier molecular flexibility index (Phi) is 3.91. The molecule has 0 aliphatic heterocycles. The number of hydrogen-bond donors (Lipinski definition) is 0. The summed E-state index contributed by atoms with van der Waals surface area (Å²) in [5.74, 6) is 6.54. The highest BCUT2D eigenvalue weighted by molar-refractivity contribution is 5.78. The zero-order chi connectivity index (χ0) is 18.2.